The lowest BCUT2D eigenvalue weighted by molar-refractivity contribution is 0.220. The van der Waals surface area contributed by atoms with Crippen LogP contribution in [0.4, 0.5) is 8.78 Å². The fourth-order valence-electron chi connectivity index (χ4n) is 3.13. The van der Waals surface area contributed by atoms with Gasteiger partial charge in [-0.25, -0.2) is 8.78 Å². The maximum atomic E-state index is 14.4. The molecule has 0 bridgehead atoms. The van der Waals surface area contributed by atoms with E-state index < -0.39 is 17.2 Å². The van der Waals surface area contributed by atoms with Gasteiger partial charge in [0.05, 0.1) is 0 Å². The summed E-state index contributed by atoms with van der Waals surface area (Å²) in [5.74, 6) is -1.16. The summed E-state index contributed by atoms with van der Waals surface area (Å²) in [7, 11) is 0. The van der Waals surface area contributed by atoms with Gasteiger partial charge in [0.15, 0.2) is 11.6 Å². The Balaban J connectivity index is 2.53. The minimum atomic E-state index is -0.705. The molecule has 3 heteroatoms. The Morgan fingerprint density at radius 1 is 1.11 bits per heavy atom. The summed E-state index contributed by atoms with van der Waals surface area (Å²) < 4.78 is 28.2. The molecule has 1 aromatic carbocycles. The molecule has 1 aliphatic rings. The molecule has 1 saturated heterocycles. The second kappa shape index (κ2) is 5.58. The van der Waals surface area contributed by atoms with Gasteiger partial charge in [-0.15, -0.1) is 0 Å². The maximum Gasteiger partial charge on any atom is 0.164 e. The average molecular weight is 267 g/mol. The first-order chi connectivity index (χ1) is 8.99. The Labute approximate surface area is 114 Å². The smallest absolute Gasteiger partial charge is 0.164 e. The minimum Gasteiger partial charge on any atom is -0.307 e. The second-order valence-electron chi connectivity index (χ2n) is 5.92. The fraction of sp³-hybridized carbons (Fsp3) is 0.625. The summed E-state index contributed by atoms with van der Waals surface area (Å²) in [5.41, 5.74) is 0.427. The number of hydrogen-bond acceptors (Lipinski definition) is 1. The molecule has 0 radical (unpaired) electrons. The Kier molecular flexibility index (Phi) is 4.24. The molecule has 1 aromatic rings. The number of nitrogens with one attached hydrogen (secondary N) is 1. The molecule has 1 atom stereocenters. The van der Waals surface area contributed by atoms with E-state index in [1.165, 1.54) is 0 Å². The van der Waals surface area contributed by atoms with Gasteiger partial charge in [0.2, 0.25) is 0 Å². The largest absolute Gasteiger partial charge is 0.307 e. The highest BCUT2D eigenvalue weighted by atomic mass is 19.2. The third-order valence-electron chi connectivity index (χ3n) is 4.43. The van der Waals surface area contributed by atoms with E-state index >= 15 is 0 Å². The van der Waals surface area contributed by atoms with E-state index in [0.717, 1.165) is 32.2 Å². The molecule has 1 N–H and O–H groups in total. The minimum absolute atomic E-state index is 0.224. The van der Waals surface area contributed by atoms with Crippen molar-refractivity contribution in [2.75, 3.05) is 6.54 Å². The average Bonchev–Trinajstić information content (AvgIpc) is 2.63. The molecule has 0 aliphatic carbocycles. The van der Waals surface area contributed by atoms with Crippen molar-refractivity contribution in [2.24, 2.45) is 5.92 Å². The summed E-state index contributed by atoms with van der Waals surface area (Å²) in [5, 5.41) is 3.49. The van der Waals surface area contributed by atoms with Crippen LogP contribution in [-0.4, -0.2) is 6.54 Å². The first-order valence-electron chi connectivity index (χ1n) is 7.19. The number of aryl methyl sites for hydroxylation is 1. The lowest BCUT2D eigenvalue weighted by Gasteiger charge is -2.39. The number of halogens is 2. The van der Waals surface area contributed by atoms with E-state index in [9.17, 15) is 8.78 Å². The summed E-state index contributed by atoms with van der Waals surface area (Å²) in [6.45, 7) is 6.63. The highest BCUT2D eigenvalue weighted by molar-refractivity contribution is 5.32. The summed E-state index contributed by atoms with van der Waals surface area (Å²) in [6, 6.07) is 3.44. The van der Waals surface area contributed by atoms with Crippen molar-refractivity contribution in [2.45, 2.75) is 52.0 Å². The summed E-state index contributed by atoms with van der Waals surface area (Å²) in [6.07, 6.45) is 4.17. The van der Waals surface area contributed by atoms with E-state index in [2.05, 4.69) is 19.2 Å². The maximum absolute atomic E-state index is 14.4. The van der Waals surface area contributed by atoms with E-state index in [1.54, 1.807) is 19.1 Å². The Bertz CT molecular complexity index is 446. The van der Waals surface area contributed by atoms with Gasteiger partial charge in [0.25, 0.3) is 0 Å². The van der Waals surface area contributed by atoms with E-state index in [0.29, 0.717) is 11.1 Å². The normalized spacial score (nSPS) is 24.5. The van der Waals surface area contributed by atoms with Gasteiger partial charge < -0.3 is 5.32 Å². The van der Waals surface area contributed by atoms with Gasteiger partial charge in [0, 0.05) is 11.1 Å². The molecule has 0 amide bonds. The van der Waals surface area contributed by atoms with Crippen LogP contribution in [0, 0.1) is 24.5 Å². The topological polar surface area (TPSA) is 12.0 Å². The SMILES string of the molecule is Cc1ccc(C2(C(C)C)CCCCCN2)c(F)c1F. The van der Waals surface area contributed by atoms with Gasteiger partial charge in [-0.2, -0.15) is 0 Å². The van der Waals surface area contributed by atoms with Crippen LogP contribution in [0.3, 0.4) is 0 Å². The zero-order valence-corrected chi connectivity index (χ0v) is 12.0. The van der Waals surface area contributed by atoms with Crippen LogP contribution in [0.1, 0.15) is 50.7 Å². The van der Waals surface area contributed by atoms with Crippen LogP contribution in [0.5, 0.6) is 0 Å². The van der Waals surface area contributed by atoms with Crippen LogP contribution >= 0.6 is 0 Å². The molecule has 106 valence electrons. The molecule has 1 heterocycles. The molecule has 2 rings (SSSR count). The lowest BCUT2D eigenvalue weighted by atomic mass is 9.76. The van der Waals surface area contributed by atoms with Gasteiger partial charge >= 0.3 is 0 Å². The molecule has 1 nitrogen and oxygen atoms in total. The van der Waals surface area contributed by atoms with Crippen LogP contribution in [0.2, 0.25) is 0 Å². The molecule has 0 aromatic heterocycles. The van der Waals surface area contributed by atoms with Crippen LogP contribution < -0.4 is 5.32 Å². The Morgan fingerprint density at radius 3 is 2.53 bits per heavy atom. The first kappa shape index (κ1) is 14.4. The van der Waals surface area contributed by atoms with Gasteiger partial charge in [-0.05, 0) is 37.8 Å². The second-order valence-corrected chi connectivity index (χ2v) is 5.92. The van der Waals surface area contributed by atoms with E-state index in [-0.39, 0.29) is 5.92 Å². The highest BCUT2D eigenvalue weighted by Crippen LogP contribution is 2.38. The predicted molar refractivity (Wildman–Crippen MR) is 74.1 cm³/mol. The van der Waals surface area contributed by atoms with Crippen LogP contribution in [-0.2, 0) is 5.54 Å². The fourth-order valence-corrected chi connectivity index (χ4v) is 3.13. The highest BCUT2D eigenvalue weighted by Gasteiger charge is 2.38. The van der Waals surface area contributed by atoms with Crippen LogP contribution in [0.25, 0.3) is 0 Å². The van der Waals surface area contributed by atoms with Crippen molar-refractivity contribution < 1.29 is 8.78 Å². The molecule has 19 heavy (non-hydrogen) atoms. The molecule has 0 saturated carbocycles. The molecule has 1 unspecified atom stereocenters. The molecule has 1 fully saturated rings. The molecule has 1 aliphatic heterocycles. The van der Waals surface area contributed by atoms with Gasteiger partial charge in [-0.3, -0.25) is 0 Å². The van der Waals surface area contributed by atoms with Crippen molar-refractivity contribution in [1.29, 1.82) is 0 Å². The van der Waals surface area contributed by atoms with Gasteiger partial charge in [-0.1, -0.05) is 38.8 Å². The summed E-state index contributed by atoms with van der Waals surface area (Å²) in [4.78, 5) is 0. The van der Waals surface area contributed by atoms with E-state index in [1.807, 2.05) is 0 Å². The molecule has 0 spiro atoms. The monoisotopic (exact) mass is 267 g/mol. The quantitative estimate of drug-likeness (QED) is 0.843. The Hall–Kier alpha value is -0.960. The van der Waals surface area contributed by atoms with Gasteiger partial charge in [0.1, 0.15) is 0 Å². The zero-order chi connectivity index (χ0) is 14.0. The van der Waals surface area contributed by atoms with Crippen molar-refractivity contribution in [1.82, 2.24) is 5.32 Å². The third-order valence-corrected chi connectivity index (χ3v) is 4.43. The molecular weight excluding hydrogens is 244 g/mol. The Morgan fingerprint density at radius 2 is 1.84 bits per heavy atom. The van der Waals surface area contributed by atoms with E-state index in [4.69, 9.17) is 0 Å². The summed E-state index contributed by atoms with van der Waals surface area (Å²) >= 11 is 0. The van der Waals surface area contributed by atoms with Crippen LogP contribution in [0.15, 0.2) is 12.1 Å². The predicted octanol–water partition coefficient (Wildman–Crippen LogP) is 4.29. The van der Waals surface area contributed by atoms with Crippen molar-refractivity contribution in [3.63, 3.8) is 0 Å². The van der Waals surface area contributed by atoms with Crippen molar-refractivity contribution in [3.05, 3.63) is 34.9 Å². The molecular formula is C16H23F2N. The number of rotatable bonds is 2. The van der Waals surface area contributed by atoms with Crippen molar-refractivity contribution in [3.8, 4) is 0 Å². The zero-order valence-electron chi connectivity index (χ0n) is 12.0. The standard InChI is InChI=1S/C16H23F2N/c1-11(2)16(9-5-4-6-10-19-16)13-8-7-12(3)14(17)15(13)18/h7-8,11,19H,4-6,9-10H2,1-3H3. The lowest BCUT2D eigenvalue weighted by Crippen LogP contribution is -2.47. The number of benzene rings is 1. The third kappa shape index (κ3) is 2.53. The van der Waals surface area contributed by atoms with Crippen molar-refractivity contribution >= 4 is 0 Å². The first-order valence-corrected chi connectivity index (χ1v) is 7.19. The number of hydrogen-bond donors (Lipinski definition) is 1.